The van der Waals surface area contributed by atoms with Gasteiger partial charge in [-0.15, -0.1) is 11.3 Å². The summed E-state index contributed by atoms with van der Waals surface area (Å²) >= 11 is 1.70. The van der Waals surface area contributed by atoms with Crippen LogP contribution in [0.5, 0.6) is 0 Å². The van der Waals surface area contributed by atoms with Gasteiger partial charge in [-0.2, -0.15) is 0 Å². The minimum atomic E-state index is -0.187. The zero-order valence-corrected chi connectivity index (χ0v) is 15.2. The SMILES string of the molecule is O=C(c1cc2c(s1)CCCC2)N1CCN(Cc2cccc(F)c2)CC1. The number of aryl methyl sites for hydroxylation is 2. The number of carbonyl (C=O) groups excluding carboxylic acids is 1. The molecule has 3 nitrogen and oxygen atoms in total. The first kappa shape index (κ1) is 16.7. The molecule has 0 radical (unpaired) electrons. The van der Waals surface area contributed by atoms with Gasteiger partial charge < -0.3 is 4.90 Å². The van der Waals surface area contributed by atoms with Gasteiger partial charge in [0.25, 0.3) is 5.91 Å². The zero-order chi connectivity index (χ0) is 17.2. The van der Waals surface area contributed by atoms with E-state index in [-0.39, 0.29) is 11.7 Å². The van der Waals surface area contributed by atoms with E-state index in [9.17, 15) is 9.18 Å². The highest BCUT2D eigenvalue weighted by atomic mass is 32.1. The molecule has 5 heteroatoms. The number of amides is 1. The minimum Gasteiger partial charge on any atom is -0.335 e. The minimum absolute atomic E-state index is 0.185. The maximum absolute atomic E-state index is 13.3. The smallest absolute Gasteiger partial charge is 0.264 e. The van der Waals surface area contributed by atoms with Crippen molar-refractivity contribution in [3.05, 3.63) is 57.0 Å². The fourth-order valence-corrected chi connectivity index (χ4v) is 4.98. The second-order valence-electron chi connectivity index (χ2n) is 6.96. The van der Waals surface area contributed by atoms with Gasteiger partial charge in [0.15, 0.2) is 0 Å². The van der Waals surface area contributed by atoms with E-state index in [1.165, 1.54) is 29.3 Å². The molecule has 2 aromatic rings. The molecule has 0 atom stereocenters. The third-order valence-corrected chi connectivity index (χ3v) is 6.39. The second kappa shape index (κ2) is 7.26. The summed E-state index contributed by atoms with van der Waals surface area (Å²) in [6.07, 6.45) is 4.76. The molecule has 1 fully saturated rings. The Morgan fingerprint density at radius 2 is 1.88 bits per heavy atom. The maximum atomic E-state index is 13.3. The summed E-state index contributed by atoms with van der Waals surface area (Å²) in [5.41, 5.74) is 2.38. The number of carbonyl (C=O) groups is 1. The van der Waals surface area contributed by atoms with Crippen molar-refractivity contribution >= 4 is 17.2 Å². The van der Waals surface area contributed by atoms with Crippen LogP contribution in [-0.4, -0.2) is 41.9 Å². The van der Waals surface area contributed by atoms with E-state index in [1.54, 1.807) is 23.5 Å². The molecule has 1 aliphatic heterocycles. The molecule has 132 valence electrons. The van der Waals surface area contributed by atoms with Crippen molar-refractivity contribution < 1.29 is 9.18 Å². The summed E-state index contributed by atoms with van der Waals surface area (Å²) in [5.74, 6) is -0.00205. The van der Waals surface area contributed by atoms with E-state index in [0.717, 1.165) is 56.0 Å². The van der Waals surface area contributed by atoms with Gasteiger partial charge in [-0.05, 0) is 55.0 Å². The van der Waals surface area contributed by atoms with Gasteiger partial charge in [0, 0.05) is 37.6 Å². The molecule has 0 N–H and O–H groups in total. The van der Waals surface area contributed by atoms with Crippen LogP contribution in [0.3, 0.4) is 0 Å². The number of nitrogens with zero attached hydrogens (tertiary/aromatic N) is 2. The van der Waals surface area contributed by atoms with Gasteiger partial charge in [0.05, 0.1) is 4.88 Å². The summed E-state index contributed by atoms with van der Waals surface area (Å²) in [5, 5.41) is 0. The molecule has 2 aliphatic rings. The molecule has 1 aromatic carbocycles. The summed E-state index contributed by atoms with van der Waals surface area (Å²) in [6.45, 7) is 3.92. The van der Waals surface area contributed by atoms with E-state index < -0.39 is 0 Å². The Morgan fingerprint density at radius 1 is 1.08 bits per heavy atom. The van der Waals surface area contributed by atoms with Crippen LogP contribution >= 0.6 is 11.3 Å². The lowest BCUT2D eigenvalue weighted by molar-refractivity contribution is 0.0633. The number of halogens is 1. The Balaban J connectivity index is 1.35. The number of hydrogen-bond donors (Lipinski definition) is 0. The Bertz CT molecular complexity index is 741. The predicted molar refractivity (Wildman–Crippen MR) is 98.5 cm³/mol. The molecule has 0 unspecified atom stereocenters. The molecule has 1 aromatic heterocycles. The van der Waals surface area contributed by atoms with Crippen molar-refractivity contribution in [3.63, 3.8) is 0 Å². The Kier molecular flexibility index (Phi) is 4.86. The van der Waals surface area contributed by atoms with E-state index in [4.69, 9.17) is 0 Å². The van der Waals surface area contributed by atoms with E-state index in [0.29, 0.717) is 0 Å². The van der Waals surface area contributed by atoms with Gasteiger partial charge in [-0.25, -0.2) is 4.39 Å². The van der Waals surface area contributed by atoms with Crippen LogP contribution < -0.4 is 0 Å². The number of thiophene rings is 1. The molecule has 0 saturated carbocycles. The molecule has 0 spiro atoms. The van der Waals surface area contributed by atoms with E-state index >= 15 is 0 Å². The average Bonchev–Trinajstić information content (AvgIpc) is 3.06. The standard InChI is InChI=1S/C20H23FN2OS/c21-17-6-3-4-15(12-17)14-22-8-10-23(11-9-22)20(24)19-13-16-5-1-2-7-18(16)25-19/h3-4,6,12-13H,1-2,5,7-11,14H2. The van der Waals surface area contributed by atoms with Gasteiger partial charge in [-0.3, -0.25) is 9.69 Å². The summed E-state index contributed by atoms with van der Waals surface area (Å²) in [4.78, 5) is 19.4. The molecule has 2 heterocycles. The Hall–Kier alpha value is -1.72. The number of benzene rings is 1. The first-order chi connectivity index (χ1) is 12.2. The van der Waals surface area contributed by atoms with Crippen molar-refractivity contribution in [1.29, 1.82) is 0 Å². The quantitative estimate of drug-likeness (QED) is 0.835. The van der Waals surface area contributed by atoms with Gasteiger partial charge in [0.2, 0.25) is 0 Å². The van der Waals surface area contributed by atoms with Crippen molar-refractivity contribution in [2.45, 2.75) is 32.2 Å². The summed E-state index contributed by atoms with van der Waals surface area (Å²) in [7, 11) is 0. The second-order valence-corrected chi connectivity index (χ2v) is 8.10. The predicted octanol–water partition coefficient (Wildman–Crippen LogP) is 3.72. The third kappa shape index (κ3) is 3.77. The van der Waals surface area contributed by atoms with E-state index in [1.807, 2.05) is 11.0 Å². The van der Waals surface area contributed by atoms with Crippen molar-refractivity contribution in [1.82, 2.24) is 9.80 Å². The van der Waals surface area contributed by atoms with Crippen molar-refractivity contribution in [3.8, 4) is 0 Å². The lowest BCUT2D eigenvalue weighted by atomic mass is 9.99. The fourth-order valence-electron chi connectivity index (χ4n) is 3.75. The topological polar surface area (TPSA) is 23.6 Å². The molecular weight excluding hydrogens is 335 g/mol. The highest BCUT2D eigenvalue weighted by Crippen LogP contribution is 2.30. The molecule has 1 aliphatic carbocycles. The van der Waals surface area contributed by atoms with Crippen molar-refractivity contribution in [2.24, 2.45) is 0 Å². The number of piperazine rings is 1. The monoisotopic (exact) mass is 358 g/mol. The highest BCUT2D eigenvalue weighted by Gasteiger charge is 2.25. The molecule has 25 heavy (non-hydrogen) atoms. The fraction of sp³-hybridized carbons (Fsp3) is 0.450. The van der Waals surface area contributed by atoms with Gasteiger partial charge in [-0.1, -0.05) is 12.1 Å². The number of hydrogen-bond acceptors (Lipinski definition) is 3. The Morgan fingerprint density at radius 3 is 2.64 bits per heavy atom. The van der Waals surface area contributed by atoms with Crippen LogP contribution in [0, 0.1) is 5.82 Å². The van der Waals surface area contributed by atoms with Crippen LogP contribution in [0.25, 0.3) is 0 Å². The third-order valence-electron chi connectivity index (χ3n) is 5.16. The molecule has 1 saturated heterocycles. The Labute approximate surface area is 152 Å². The highest BCUT2D eigenvalue weighted by molar-refractivity contribution is 7.14. The average molecular weight is 358 g/mol. The zero-order valence-electron chi connectivity index (χ0n) is 14.3. The van der Waals surface area contributed by atoms with Gasteiger partial charge in [0.1, 0.15) is 5.82 Å². The first-order valence-electron chi connectivity index (χ1n) is 9.07. The maximum Gasteiger partial charge on any atom is 0.264 e. The molecular formula is C20H23FN2OS. The van der Waals surface area contributed by atoms with Crippen LogP contribution in [0.2, 0.25) is 0 Å². The summed E-state index contributed by atoms with van der Waals surface area (Å²) < 4.78 is 13.3. The molecule has 4 rings (SSSR count). The lowest BCUT2D eigenvalue weighted by Gasteiger charge is -2.34. The van der Waals surface area contributed by atoms with Gasteiger partial charge >= 0.3 is 0 Å². The largest absolute Gasteiger partial charge is 0.335 e. The van der Waals surface area contributed by atoms with Crippen LogP contribution in [-0.2, 0) is 19.4 Å². The normalized spacial score (nSPS) is 18.2. The molecule has 0 bridgehead atoms. The number of rotatable bonds is 3. The molecule has 1 amide bonds. The summed E-state index contributed by atoms with van der Waals surface area (Å²) in [6, 6.07) is 8.90. The number of fused-ring (bicyclic) bond motifs is 1. The van der Waals surface area contributed by atoms with Crippen LogP contribution in [0.4, 0.5) is 4.39 Å². The van der Waals surface area contributed by atoms with Crippen molar-refractivity contribution in [2.75, 3.05) is 26.2 Å². The van der Waals surface area contributed by atoms with Crippen LogP contribution in [0.1, 0.15) is 38.5 Å². The van der Waals surface area contributed by atoms with Crippen LogP contribution in [0.15, 0.2) is 30.3 Å². The van der Waals surface area contributed by atoms with E-state index in [2.05, 4.69) is 11.0 Å². The lowest BCUT2D eigenvalue weighted by Crippen LogP contribution is -2.48. The first-order valence-corrected chi connectivity index (χ1v) is 9.88.